The molecule has 0 aliphatic heterocycles. The molecule has 4 N–H and O–H groups in total. The summed E-state index contributed by atoms with van der Waals surface area (Å²) in [5.74, 6) is -2.15. The Morgan fingerprint density at radius 1 is 1.12 bits per heavy atom. The number of aryl methyl sites for hydroxylation is 1. The number of amides is 3. The van der Waals surface area contributed by atoms with Crippen molar-refractivity contribution in [2.75, 3.05) is 5.32 Å². The molecule has 0 saturated heterocycles. The molecule has 8 heteroatoms. The maximum Gasteiger partial charge on any atom is 0.314 e. The number of rotatable bonds is 4. The summed E-state index contributed by atoms with van der Waals surface area (Å²) >= 11 is 1.33. The van der Waals surface area contributed by atoms with Gasteiger partial charge < -0.3 is 16.4 Å². The van der Waals surface area contributed by atoms with E-state index < -0.39 is 17.7 Å². The number of aromatic nitrogens is 1. The van der Waals surface area contributed by atoms with Gasteiger partial charge in [0.05, 0.1) is 5.56 Å². The second-order valence-electron chi connectivity index (χ2n) is 5.77. The Bertz CT molecular complexity index is 817. The van der Waals surface area contributed by atoms with Gasteiger partial charge in [0.2, 0.25) is 0 Å². The van der Waals surface area contributed by atoms with Gasteiger partial charge in [-0.3, -0.25) is 19.4 Å². The number of hydrogen-bond donors (Lipinski definition) is 3. The van der Waals surface area contributed by atoms with Crippen LogP contribution in [0.25, 0.3) is 0 Å². The van der Waals surface area contributed by atoms with Gasteiger partial charge in [0.15, 0.2) is 0 Å². The van der Waals surface area contributed by atoms with Crippen LogP contribution in [0.5, 0.6) is 0 Å². The van der Waals surface area contributed by atoms with Crippen molar-refractivity contribution in [1.29, 1.82) is 0 Å². The summed E-state index contributed by atoms with van der Waals surface area (Å²) in [7, 11) is 0. The maximum absolute atomic E-state index is 12.1. The van der Waals surface area contributed by atoms with Gasteiger partial charge in [-0.25, -0.2) is 0 Å². The first-order chi connectivity index (χ1) is 12.1. The highest BCUT2D eigenvalue weighted by Gasteiger charge is 2.26. The lowest BCUT2D eigenvalue weighted by Gasteiger charge is -2.11. The van der Waals surface area contributed by atoms with E-state index in [1.165, 1.54) is 11.3 Å². The molecule has 1 aliphatic carbocycles. The Morgan fingerprint density at radius 3 is 2.56 bits per heavy atom. The Morgan fingerprint density at radius 2 is 1.84 bits per heavy atom. The van der Waals surface area contributed by atoms with Crippen LogP contribution < -0.4 is 16.4 Å². The third-order valence-corrected chi connectivity index (χ3v) is 5.26. The Hall–Kier alpha value is -2.74. The second-order valence-corrected chi connectivity index (χ2v) is 6.88. The van der Waals surface area contributed by atoms with E-state index in [1.54, 1.807) is 24.5 Å². The number of anilines is 1. The highest BCUT2D eigenvalue weighted by molar-refractivity contribution is 7.17. The van der Waals surface area contributed by atoms with E-state index in [9.17, 15) is 14.4 Å². The number of nitrogens with two attached hydrogens (primary N) is 1. The standard InChI is InChI=1S/C17H18N4O3S/c18-14(22)13-11-3-1-2-4-12(11)25-17(13)21-16(24)15(23)20-9-10-5-7-19-8-6-10/h5-8H,1-4,9H2,(H2,18,22)(H,20,23)(H,21,24). The van der Waals surface area contributed by atoms with Gasteiger partial charge in [-0.05, 0) is 48.9 Å². The van der Waals surface area contributed by atoms with Crippen LogP contribution in [-0.2, 0) is 29.0 Å². The molecule has 0 fully saturated rings. The number of nitrogens with one attached hydrogen (secondary N) is 2. The summed E-state index contributed by atoms with van der Waals surface area (Å²) in [4.78, 5) is 40.9. The largest absolute Gasteiger partial charge is 0.365 e. The molecular formula is C17H18N4O3S. The summed E-state index contributed by atoms with van der Waals surface area (Å²) in [6.45, 7) is 0.221. The van der Waals surface area contributed by atoms with Gasteiger partial charge in [0.25, 0.3) is 5.91 Å². The number of carbonyl (C=O) groups excluding carboxylic acids is 3. The van der Waals surface area contributed by atoms with Crippen molar-refractivity contribution in [3.8, 4) is 0 Å². The van der Waals surface area contributed by atoms with E-state index in [0.717, 1.165) is 41.7 Å². The number of nitrogens with zero attached hydrogens (tertiary/aromatic N) is 1. The molecule has 25 heavy (non-hydrogen) atoms. The Kier molecular flexibility index (Phi) is 5.08. The van der Waals surface area contributed by atoms with Gasteiger partial charge in [0.1, 0.15) is 5.00 Å². The lowest BCUT2D eigenvalue weighted by atomic mass is 9.95. The van der Waals surface area contributed by atoms with E-state index >= 15 is 0 Å². The monoisotopic (exact) mass is 358 g/mol. The van der Waals surface area contributed by atoms with Crippen LogP contribution in [0.4, 0.5) is 5.00 Å². The van der Waals surface area contributed by atoms with E-state index in [1.807, 2.05) is 0 Å². The predicted molar refractivity (Wildman–Crippen MR) is 94.2 cm³/mol. The maximum atomic E-state index is 12.1. The van der Waals surface area contributed by atoms with E-state index in [-0.39, 0.29) is 6.54 Å². The average molecular weight is 358 g/mol. The molecule has 130 valence electrons. The highest BCUT2D eigenvalue weighted by atomic mass is 32.1. The summed E-state index contributed by atoms with van der Waals surface area (Å²) < 4.78 is 0. The minimum Gasteiger partial charge on any atom is -0.365 e. The topological polar surface area (TPSA) is 114 Å². The van der Waals surface area contributed by atoms with Crippen molar-refractivity contribution >= 4 is 34.1 Å². The minimum absolute atomic E-state index is 0.221. The van der Waals surface area contributed by atoms with Crippen molar-refractivity contribution in [2.24, 2.45) is 5.73 Å². The molecule has 3 amide bonds. The van der Waals surface area contributed by atoms with Gasteiger partial charge >= 0.3 is 11.8 Å². The van der Waals surface area contributed by atoms with Crippen LogP contribution in [0, 0.1) is 0 Å². The lowest BCUT2D eigenvalue weighted by Crippen LogP contribution is -2.35. The molecule has 0 unspecified atom stereocenters. The molecule has 0 aromatic carbocycles. The van der Waals surface area contributed by atoms with E-state index in [4.69, 9.17) is 5.73 Å². The van der Waals surface area contributed by atoms with Crippen molar-refractivity contribution < 1.29 is 14.4 Å². The normalized spacial score (nSPS) is 13.0. The van der Waals surface area contributed by atoms with Gasteiger partial charge in [0, 0.05) is 23.8 Å². The van der Waals surface area contributed by atoms with Crippen LogP contribution in [0.15, 0.2) is 24.5 Å². The summed E-state index contributed by atoms with van der Waals surface area (Å²) in [5, 5.41) is 5.44. The zero-order chi connectivity index (χ0) is 17.8. The first-order valence-electron chi connectivity index (χ1n) is 7.98. The average Bonchev–Trinajstić information content (AvgIpc) is 2.98. The minimum atomic E-state index is -0.810. The smallest absolute Gasteiger partial charge is 0.314 e. The molecule has 0 bridgehead atoms. The van der Waals surface area contributed by atoms with Gasteiger partial charge in [-0.1, -0.05) is 0 Å². The number of carbonyl (C=O) groups is 3. The van der Waals surface area contributed by atoms with Crippen molar-refractivity contribution in [2.45, 2.75) is 32.2 Å². The summed E-state index contributed by atoms with van der Waals surface area (Å²) in [5.41, 5.74) is 7.57. The quantitative estimate of drug-likeness (QED) is 0.716. The second kappa shape index (κ2) is 7.43. The van der Waals surface area contributed by atoms with Crippen LogP contribution in [0.3, 0.4) is 0 Å². The van der Waals surface area contributed by atoms with E-state index in [2.05, 4.69) is 15.6 Å². The lowest BCUT2D eigenvalue weighted by molar-refractivity contribution is -0.136. The van der Waals surface area contributed by atoms with Crippen molar-refractivity contribution in [1.82, 2.24) is 10.3 Å². The third kappa shape index (κ3) is 3.85. The molecule has 0 radical (unpaired) electrons. The summed E-state index contributed by atoms with van der Waals surface area (Å²) in [6.07, 6.45) is 6.89. The zero-order valence-corrected chi connectivity index (χ0v) is 14.3. The number of pyridine rings is 1. The SMILES string of the molecule is NC(=O)c1c(NC(=O)C(=O)NCc2ccncc2)sc2c1CCCC2. The predicted octanol–water partition coefficient (Wildman–Crippen LogP) is 1.38. The van der Waals surface area contributed by atoms with Crippen LogP contribution in [-0.4, -0.2) is 22.7 Å². The first kappa shape index (κ1) is 17.1. The molecule has 7 nitrogen and oxygen atoms in total. The molecule has 0 saturated carbocycles. The molecule has 2 aromatic heterocycles. The van der Waals surface area contributed by atoms with Crippen LogP contribution in [0.2, 0.25) is 0 Å². The fraction of sp³-hybridized carbons (Fsp3) is 0.294. The number of primary amides is 1. The van der Waals surface area contributed by atoms with Gasteiger partial charge in [-0.15, -0.1) is 11.3 Å². The molecular weight excluding hydrogens is 340 g/mol. The fourth-order valence-corrected chi connectivity index (χ4v) is 4.13. The molecule has 1 aliphatic rings. The molecule has 0 atom stereocenters. The van der Waals surface area contributed by atoms with Gasteiger partial charge in [-0.2, -0.15) is 0 Å². The van der Waals surface area contributed by atoms with Crippen LogP contribution >= 0.6 is 11.3 Å². The summed E-state index contributed by atoms with van der Waals surface area (Å²) in [6, 6.07) is 3.49. The number of hydrogen-bond acceptors (Lipinski definition) is 5. The number of fused-ring (bicyclic) bond motifs is 1. The zero-order valence-electron chi connectivity index (χ0n) is 13.5. The van der Waals surface area contributed by atoms with E-state index in [0.29, 0.717) is 10.6 Å². The number of thiophene rings is 1. The molecule has 2 heterocycles. The van der Waals surface area contributed by atoms with Crippen molar-refractivity contribution in [3.63, 3.8) is 0 Å². The molecule has 3 rings (SSSR count). The Balaban J connectivity index is 1.69. The van der Waals surface area contributed by atoms with Crippen LogP contribution in [0.1, 0.15) is 39.2 Å². The molecule has 2 aromatic rings. The van der Waals surface area contributed by atoms with Crippen molar-refractivity contribution in [3.05, 3.63) is 46.1 Å². The highest BCUT2D eigenvalue weighted by Crippen LogP contribution is 2.37. The first-order valence-corrected chi connectivity index (χ1v) is 8.80. The third-order valence-electron chi connectivity index (χ3n) is 4.05. The molecule has 0 spiro atoms. The fourth-order valence-electron chi connectivity index (χ4n) is 2.84. The Labute approximate surface area is 148 Å².